The molecule has 7 nitrogen and oxygen atoms in total. The largest absolute Gasteiger partial charge is 0.391 e. The van der Waals surface area contributed by atoms with Crippen LogP contribution in [-0.4, -0.2) is 56.2 Å². The van der Waals surface area contributed by atoms with Crippen LogP contribution in [0.5, 0.6) is 0 Å². The van der Waals surface area contributed by atoms with Gasteiger partial charge in [0.25, 0.3) is 0 Å². The van der Waals surface area contributed by atoms with Crippen molar-refractivity contribution in [2.45, 2.75) is 95.9 Å². The van der Waals surface area contributed by atoms with Gasteiger partial charge >= 0.3 is 6.18 Å². The SMILES string of the molecule is COC1CCC(C2CC(NC(=NCC(C)C)NC(=O)C3CCC(C(F)(F)F)CC3)NN2)CC1F. The summed E-state index contributed by atoms with van der Waals surface area (Å²) in [4.78, 5) is 17.3. The lowest BCUT2D eigenvalue weighted by atomic mass is 9.80. The molecule has 3 aliphatic rings. The lowest BCUT2D eigenvalue weighted by Gasteiger charge is -2.33. The average molecular weight is 494 g/mol. The monoisotopic (exact) mass is 493 g/mol. The molecule has 5 atom stereocenters. The number of hydrogen-bond acceptors (Lipinski definition) is 5. The van der Waals surface area contributed by atoms with E-state index in [0.717, 1.165) is 6.42 Å². The zero-order valence-electron chi connectivity index (χ0n) is 20.3. The third-order valence-corrected chi connectivity index (χ3v) is 7.29. The van der Waals surface area contributed by atoms with Crippen LogP contribution in [0.4, 0.5) is 17.6 Å². The molecule has 196 valence electrons. The molecule has 1 amide bonds. The Morgan fingerprint density at radius 2 is 1.79 bits per heavy atom. The molecule has 4 N–H and O–H groups in total. The van der Waals surface area contributed by atoms with Gasteiger partial charge in [0.15, 0.2) is 5.96 Å². The van der Waals surface area contributed by atoms with Gasteiger partial charge in [0.1, 0.15) is 6.17 Å². The molecule has 11 heteroatoms. The van der Waals surface area contributed by atoms with Gasteiger partial charge < -0.3 is 10.1 Å². The van der Waals surface area contributed by atoms with Crippen molar-refractivity contribution in [2.75, 3.05) is 13.7 Å². The molecule has 0 radical (unpaired) electrons. The van der Waals surface area contributed by atoms with Gasteiger partial charge in [0.2, 0.25) is 5.91 Å². The third kappa shape index (κ3) is 7.52. The van der Waals surface area contributed by atoms with Crippen LogP contribution in [0.2, 0.25) is 0 Å². The molecular weight excluding hydrogens is 454 g/mol. The smallest absolute Gasteiger partial charge is 0.378 e. The number of carbonyl (C=O) groups excluding carboxylic acids is 1. The number of methoxy groups -OCH3 is 1. The van der Waals surface area contributed by atoms with Crippen molar-refractivity contribution >= 4 is 11.9 Å². The van der Waals surface area contributed by atoms with Gasteiger partial charge in [-0.2, -0.15) is 13.2 Å². The van der Waals surface area contributed by atoms with Crippen molar-refractivity contribution in [3.63, 3.8) is 0 Å². The summed E-state index contributed by atoms with van der Waals surface area (Å²) in [6.07, 6.45) is -2.66. The minimum Gasteiger partial charge on any atom is -0.378 e. The molecule has 2 aliphatic carbocycles. The van der Waals surface area contributed by atoms with Gasteiger partial charge in [-0.25, -0.2) is 9.82 Å². The Balaban J connectivity index is 1.52. The number of amides is 1. The first-order valence-electron chi connectivity index (χ1n) is 12.4. The molecule has 5 unspecified atom stereocenters. The molecule has 1 heterocycles. The predicted octanol–water partition coefficient (Wildman–Crippen LogP) is 3.42. The second-order valence-electron chi connectivity index (χ2n) is 10.4. The normalized spacial score (nSPS) is 35.4. The topological polar surface area (TPSA) is 86.8 Å². The molecule has 1 saturated heterocycles. The van der Waals surface area contributed by atoms with Crippen molar-refractivity contribution in [3.05, 3.63) is 0 Å². The van der Waals surface area contributed by atoms with E-state index < -0.39 is 24.2 Å². The van der Waals surface area contributed by atoms with Crippen LogP contribution in [0, 0.1) is 23.7 Å². The molecule has 0 aromatic rings. The van der Waals surface area contributed by atoms with Crippen molar-refractivity contribution in [2.24, 2.45) is 28.7 Å². The highest BCUT2D eigenvalue weighted by atomic mass is 19.4. The first kappa shape index (κ1) is 27.1. The van der Waals surface area contributed by atoms with Crippen molar-refractivity contribution in [3.8, 4) is 0 Å². The zero-order chi connectivity index (χ0) is 24.9. The number of halogens is 4. The summed E-state index contributed by atoms with van der Waals surface area (Å²) in [6.45, 7) is 4.52. The van der Waals surface area contributed by atoms with Gasteiger partial charge in [0, 0.05) is 25.6 Å². The molecule has 0 spiro atoms. The first-order chi connectivity index (χ1) is 16.1. The van der Waals surface area contributed by atoms with E-state index in [0.29, 0.717) is 31.8 Å². The number of ether oxygens (including phenoxy) is 1. The van der Waals surface area contributed by atoms with Gasteiger partial charge in [-0.1, -0.05) is 13.8 Å². The summed E-state index contributed by atoms with van der Waals surface area (Å²) in [5, 5.41) is 6.03. The van der Waals surface area contributed by atoms with E-state index in [1.54, 1.807) is 7.11 Å². The Kier molecular flexibility index (Phi) is 9.57. The maximum atomic E-state index is 14.3. The fourth-order valence-electron chi connectivity index (χ4n) is 5.20. The van der Waals surface area contributed by atoms with Crippen LogP contribution in [0.3, 0.4) is 0 Å². The summed E-state index contributed by atoms with van der Waals surface area (Å²) in [5.74, 6) is -1.30. The molecule has 34 heavy (non-hydrogen) atoms. The van der Waals surface area contributed by atoms with Gasteiger partial charge in [-0.05, 0) is 63.2 Å². The first-order valence-corrected chi connectivity index (χ1v) is 12.4. The number of hydrazine groups is 1. The quantitative estimate of drug-likeness (QED) is 0.259. The molecular formula is C23H39F4N5O2. The van der Waals surface area contributed by atoms with E-state index in [4.69, 9.17) is 4.74 Å². The van der Waals surface area contributed by atoms with Gasteiger partial charge in [-0.15, -0.1) is 0 Å². The highest BCUT2D eigenvalue weighted by Crippen LogP contribution is 2.39. The second kappa shape index (κ2) is 12.0. The maximum absolute atomic E-state index is 14.3. The van der Waals surface area contributed by atoms with Gasteiger partial charge in [0.05, 0.1) is 18.2 Å². The van der Waals surface area contributed by atoms with E-state index >= 15 is 0 Å². The second-order valence-corrected chi connectivity index (χ2v) is 10.4. The van der Waals surface area contributed by atoms with Crippen molar-refractivity contribution < 1.29 is 27.1 Å². The van der Waals surface area contributed by atoms with Gasteiger partial charge in [-0.3, -0.25) is 20.5 Å². The molecule has 0 aromatic carbocycles. The maximum Gasteiger partial charge on any atom is 0.391 e. The Morgan fingerprint density at radius 1 is 1.09 bits per heavy atom. The molecule has 1 aliphatic heterocycles. The molecule has 0 aromatic heterocycles. The van der Waals surface area contributed by atoms with Crippen LogP contribution in [0.15, 0.2) is 4.99 Å². The lowest BCUT2D eigenvalue weighted by molar-refractivity contribution is -0.184. The zero-order valence-corrected chi connectivity index (χ0v) is 20.3. The van der Waals surface area contributed by atoms with Crippen LogP contribution < -0.4 is 21.5 Å². The fourth-order valence-corrected chi connectivity index (χ4v) is 5.20. The van der Waals surface area contributed by atoms with Crippen LogP contribution >= 0.6 is 0 Å². The highest BCUT2D eigenvalue weighted by molar-refractivity contribution is 5.98. The Hall–Kier alpha value is -1.46. The summed E-state index contributed by atoms with van der Waals surface area (Å²) in [6, 6.07) is 0.0771. The predicted molar refractivity (Wildman–Crippen MR) is 121 cm³/mol. The summed E-state index contributed by atoms with van der Waals surface area (Å²) in [5.41, 5.74) is 6.41. The Labute approximate surface area is 199 Å². The number of rotatable bonds is 6. The van der Waals surface area contributed by atoms with Crippen molar-refractivity contribution in [1.29, 1.82) is 0 Å². The third-order valence-electron chi connectivity index (χ3n) is 7.29. The Bertz CT molecular complexity index is 697. The standard InChI is InChI=1S/C23H39F4N5O2/c1-13(2)12-28-22(30-21(33)14-4-7-16(8-5-14)23(25,26)27)29-20-11-18(31-32-20)15-6-9-19(34-3)17(24)10-15/h13-20,31-32H,4-12H2,1-3H3,(H2,28,29,30,33). The van der Waals surface area contributed by atoms with E-state index in [-0.39, 0.29) is 61.7 Å². The number of guanidine groups is 1. The Morgan fingerprint density at radius 3 is 2.38 bits per heavy atom. The van der Waals surface area contributed by atoms with Crippen molar-refractivity contribution in [1.82, 2.24) is 21.5 Å². The highest BCUT2D eigenvalue weighted by Gasteiger charge is 2.43. The summed E-state index contributed by atoms with van der Waals surface area (Å²) in [7, 11) is 1.54. The minimum absolute atomic E-state index is 0.0237. The summed E-state index contributed by atoms with van der Waals surface area (Å²) < 4.78 is 58.4. The van der Waals surface area contributed by atoms with Crippen LogP contribution in [0.1, 0.15) is 65.2 Å². The van der Waals surface area contributed by atoms with E-state index in [1.165, 1.54) is 0 Å². The molecule has 0 bridgehead atoms. The summed E-state index contributed by atoms with van der Waals surface area (Å²) >= 11 is 0. The van der Waals surface area contributed by atoms with E-state index in [9.17, 15) is 22.4 Å². The van der Waals surface area contributed by atoms with Crippen LogP contribution in [0.25, 0.3) is 0 Å². The number of aliphatic imine (C=N–C) groups is 1. The van der Waals surface area contributed by atoms with E-state index in [2.05, 4.69) is 26.5 Å². The van der Waals surface area contributed by atoms with E-state index in [1.807, 2.05) is 13.8 Å². The minimum atomic E-state index is -4.20. The molecule has 2 saturated carbocycles. The molecule has 3 fully saturated rings. The number of hydrogen-bond donors (Lipinski definition) is 4. The fraction of sp³-hybridized carbons (Fsp3) is 0.913. The number of carbonyl (C=O) groups is 1. The number of alkyl halides is 4. The molecule has 3 rings (SSSR count). The lowest BCUT2D eigenvalue weighted by Crippen LogP contribution is -2.52. The average Bonchev–Trinajstić information content (AvgIpc) is 3.25. The number of nitrogens with zero attached hydrogens (tertiary/aromatic N) is 1. The van der Waals surface area contributed by atoms with Crippen LogP contribution in [-0.2, 0) is 9.53 Å². The number of nitrogens with one attached hydrogen (secondary N) is 4.